The molecule has 0 saturated carbocycles. The van der Waals surface area contributed by atoms with Crippen molar-refractivity contribution in [3.05, 3.63) is 12.7 Å². The molecule has 0 bridgehead atoms. The Bertz CT molecular complexity index is 513. The van der Waals surface area contributed by atoms with E-state index in [9.17, 15) is 13.2 Å². The van der Waals surface area contributed by atoms with Crippen LogP contribution in [-0.4, -0.2) is 53.7 Å². The van der Waals surface area contributed by atoms with Gasteiger partial charge in [0.15, 0.2) is 15.0 Å². The summed E-state index contributed by atoms with van der Waals surface area (Å²) in [7, 11) is -2.96. The molecule has 0 spiro atoms. The molecule has 2 aliphatic heterocycles. The SMILES string of the molecule is C=CCN1C(=NC(=O)CCC)S[C@@H]2CS(=O)(=O)C[C@@H]21. The zero-order valence-electron chi connectivity index (χ0n) is 10.9. The first-order chi connectivity index (χ1) is 8.96. The van der Waals surface area contributed by atoms with Gasteiger partial charge in [-0.25, -0.2) is 8.42 Å². The molecule has 0 N–H and O–H groups in total. The second-order valence-electron chi connectivity index (χ2n) is 4.78. The molecular formula is C12H18N2O3S2. The van der Waals surface area contributed by atoms with Crippen LogP contribution in [0.2, 0.25) is 0 Å². The highest BCUT2D eigenvalue weighted by Gasteiger charge is 2.48. The molecule has 0 aromatic rings. The number of hydrogen-bond acceptors (Lipinski definition) is 4. The van der Waals surface area contributed by atoms with Crippen LogP contribution in [0, 0.1) is 0 Å². The van der Waals surface area contributed by atoms with E-state index in [4.69, 9.17) is 0 Å². The number of amides is 1. The van der Waals surface area contributed by atoms with Crippen molar-refractivity contribution < 1.29 is 13.2 Å². The van der Waals surface area contributed by atoms with Crippen LogP contribution in [0.25, 0.3) is 0 Å². The molecule has 2 aliphatic rings. The van der Waals surface area contributed by atoms with Crippen LogP contribution in [0.4, 0.5) is 0 Å². The van der Waals surface area contributed by atoms with Crippen molar-refractivity contribution in [1.82, 2.24) is 4.90 Å². The first-order valence-electron chi connectivity index (χ1n) is 6.33. The smallest absolute Gasteiger partial charge is 0.248 e. The maximum Gasteiger partial charge on any atom is 0.248 e. The quantitative estimate of drug-likeness (QED) is 0.727. The summed E-state index contributed by atoms with van der Waals surface area (Å²) in [6.07, 6.45) is 2.91. The maximum absolute atomic E-state index is 11.7. The van der Waals surface area contributed by atoms with Gasteiger partial charge in [-0.3, -0.25) is 4.79 Å². The molecule has 2 heterocycles. The number of hydrogen-bond donors (Lipinski definition) is 0. The molecule has 19 heavy (non-hydrogen) atoms. The van der Waals surface area contributed by atoms with Crippen molar-refractivity contribution in [2.75, 3.05) is 18.1 Å². The van der Waals surface area contributed by atoms with E-state index >= 15 is 0 Å². The molecule has 0 aliphatic carbocycles. The lowest BCUT2D eigenvalue weighted by Crippen LogP contribution is -2.37. The zero-order chi connectivity index (χ0) is 14.0. The Labute approximate surface area is 118 Å². The standard InChI is InChI=1S/C12H18N2O3S2/c1-3-5-11(15)13-12-14(6-4-2)9-7-19(16,17)8-10(9)18-12/h4,9-10H,2-3,5-8H2,1H3/t9-,10+/m0/s1. The highest BCUT2D eigenvalue weighted by Crippen LogP contribution is 2.37. The van der Waals surface area contributed by atoms with Gasteiger partial charge in [-0.05, 0) is 6.42 Å². The molecule has 0 radical (unpaired) electrons. The summed E-state index contributed by atoms with van der Waals surface area (Å²) in [4.78, 5) is 17.6. The number of carbonyl (C=O) groups is 1. The van der Waals surface area contributed by atoms with Crippen LogP contribution in [0.3, 0.4) is 0 Å². The number of carbonyl (C=O) groups excluding carboxylic acids is 1. The van der Waals surface area contributed by atoms with Crippen molar-refractivity contribution in [2.45, 2.75) is 31.1 Å². The summed E-state index contributed by atoms with van der Waals surface area (Å²) in [5, 5.41) is 0.654. The number of amidine groups is 1. The van der Waals surface area contributed by atoms with E-state index in [0.29, 0.717) is 18.1 Å². The predicted molar refractivity (Wildman–Crippen MR) is 78.1 cm³/mol. The van der Waals surface area contributed by atoms with Crippen LogP contribution in [0.15, 0.2) is 17.6 Å². The van der Waals surface area contributed by atoms with Gasteiger partial charge >= 0.3 is 0 Å². The fourth-order valence-electron chi connectivity index (χ4n) is 2.36. The minimum atomic E-state index is -2.96. The molecule has 1 amide bonds. The number of rotatable bonds is 4. The zero-order valence-corrected chi connectivity index (χ0v) is 12.5. The van der Waals surface area contributed by atoms with Gasteiger partial charge in [0.2, 0.25) is 5.91 Å². The molecule has 5 nitrogen and oxygen atoms in total. The highest BCUT2D eigenvalue weighted by molar-refractivity contribution is 8.15. The van der Waals surface area contributed by atoms with E-state index < -0.39 is 9.84 Å². The van der Waals surface area contributed by atoms with Crippen molar-refractivity contribution >= 4 is 32.7 Å². The number of aliphatic imine (C=N–C) groups is 1. The average Bonchev–Trinajstić information content (AvgIpc) is 2.74. The summed E-state index contributed by atoms with van der Waals surface area (Å²) in [6.45, 7) is 6.15. The number of fused-ring (bicyclic) bond motifs is 1. The lowest BCUT2D eigenvalue weighted by molar-refractivity contribution is -0.117. The van der Waals surface area contributed by atoms with E-state index in [0.717, 1.165) is 6.42 Å². The minimum Gasteiger partial charge on any atom is -0.342 e. The van der Waals surface area contributed by atoms with Gasteiger partial charge in [0.05, 0.1) is 17.5 Å². The van der Waals surface area contributed by atoms with E-state index in [1.165, 1.54) is 11.8 Å². The summed E-state index contributed by atoms with van der Waals surface area (Å²) in [5.74, 6) is 0.193. The fourth-order valence-corrected chi connectivity index (χ4v) is 6.34. The number of nitrogens with zero attached hydrogens (tertiary/aromatic N) is 2. The third-order valence-corrected chi connectivity index (χ3v) is 6.43. The monoisotopic (exact) mass is 302 g/mol. The number of sulfone groups is 1. The second-order valence-corrected chi connectivity index (χ2v) is 8.14. The van der Waals surface area contributed by atoms with Gasteiger partial charge in [-0.15, -0.1) is 6.58 Å². The number of thioether (sulfide) groups is 1. The second kappa shape index (κ2) is 5.66. The highest BCUT2D eigenvalue weighted by atomic mass is 32.2. The van der Waals surface area contributed by atoms with Crippen molar-refractivity contribution in [1.29, 1.82) is 0 Å². The molecule has 2 saturated heterocycles. The molecule has 0 unspecified atom stereocenters. The first-order valence-corrected chi connectivity index (χ1v) is 9.03. The molecule has 7 heteroatoms. The summed E-state index contributed by atoms with van der Waals surface area (Å²) in [5.41, 5.74) is 0. The van der Waals surface area contributed by atoms with Crippen LogP contribution in [0.1, 0.15) is 19.8 Å². The molecule has 0 aromatic carbocycles. The van der Waals surface area contributed by atoms with Gasteiger partial charge in [-0.1, -0.05) is 24.8 Å². The van der Waals surface area contributed by atoms with E-state index in [-0.39, 0.29) is 28.7 Å². The molecule has 0 aromatic heterocycles. The van der Waals surface area contributed by atoms with Crippen LogP contribution < -0.4 is 0 Å². The maximum atomic E-state index is 11.7. The lowest BCUT2D eigenvalue weighted by Gasteiger charge is -2.22. The average molecular weight is 302 g/mol. The normalized spacial score (nSPS) is 30.6. The van der Waals surface area contributed by atoms with E-state index in [2.05, 4.69) is 11.6 Å². The Kier molecular flexibility index (Phi) is 4.35. The Morgan fingerprint density at radius 3 is 2.95 bits per heavy atom. The predicted octanol–water partition coefficient (Wildman–Crippen LogP) is 1.07. The summed E-state index contributed by atoms with van der Waals surface area (Å²) < 4.78 is 23.3. The third kappa shape index (κ3) is 3.20. The Hall–Kier alpha value is -0.820. The van der Waals surface area contributed by atoms with Gasteiger partial charge < -0.3 is 4.90 Å². The van der Waals surface area contributed by atoms with Gasteiger partial charge in [0.1, 0.15) is 0 Å². The molecule has 2 fully saturated rings. The van der Waals surface area contributed by atoms with Crippen molar-refractivity contribution in [2.24, 2.45) is 4.99 Å². The molecule has 2 atom stereocenters. The van der Waals surface area contributed by atoms with Crippen LogP contribution >= 0.6 is 11.8 Å². The summed E-state index contributed by atoms with van der Waals surface area (Å²) >= 11 is 1.41. The molecule has 2 rings (SSSR count). The van der Waals surface area contributed by atoms with Crippen molar-refractivity contribution in [3.63, 3.8) is 0 Å². The largest absolute Gasteiger partial charge is 0.342 e. The third-order valence-electron chi connectivity index (χ3n) is 3.18. The first kappa shape index (κ1) is 14.6. The van der Waals surface area contributed by atoms with Gasteiger partial charge in [-0.2, -0.15) is 4.99 Å². The topological polar surface area (TPSA) is 66.8 Å². The van der Waals surface area contributed by atoms with Crippen LogP contribution in [0.5, 0.6) is 0 Å². The Balaban J connectivity index is 2.19. The van der Waals surface area contributed by atoms with Gasteiger partial charge in [0, 0.05) is 18.2 Å². The lowest BCUT2D eigenvalue weighted by atomic mass is 10.2. The van der Waals surface area contributed by atoms with E-state index in [1.54, 1.807) is 6.08 Å². The van der Waals surface area contributed by atoms with E-state index in [1.807, 2.05) is 11.8 Å². The minimum absolute atomic E-state index is 0.00173. The molecular weight excluding hydrogens is 284 g/mol. The Morgan fingerprint density at radius 1 is 1.58 bits per heavy atom. The fraction of sp³-hybridized carbons (Fsp3) is 0.667. The van der Waals surface area contributed by atoms with Crippen molar-refractivity contribution in [3.8, 4) is 0 Å². The Morgan fingerprint density at radius 2 is 2.32 bits per heavy atom. The summed E-state index contributed by atoms with van der Waals surface area (Å²) in [6, 6.07) is -0.0684. The van der Waals surface area contributed by atoms with Crippen LogP contribution in [-0.2, 0) is 14.6 Å². The molecule has 106 valence electrons. The van der Waals surface area contributed by atoms with Gasteiger partial charge in [0.25, 0.3) is 0 Å².